The third-order valence-corrected chi connectivity index (χ3v) is 39.7. The maximum absolute atomic E-state index is 13.1. The fourth-order valence-corrected chi connectivity index (χ4v) is 45.6. The van der Waals surface area contributed by atoms with E-state index >= 15 is 0 Å². The number of carbonyl (C=O) groups excluding carboxylic acids is 1. The van der Waals surface area contributed by atoms with Crippen LogP contribution in [0.1, 0.15) is 79.1 Å². The van der Waals surface area contributed by atoms with Crippen molar-refractivity contribution in [1.29, 1.82) is 0 Å². The van der Waals surface area contributed by atoms with E-state index in [2.05, 4.69) is 27.7 Å². The van der Waals surface area contributed by atoms with Crippen LogP contribution in [-0.4, -0.2) is 41.3 Å². The number of hydrogen-bond acceptors (Lipinski definition) is 1. The van der Waals surface area contributed by atoms with Crippen molar-refractivity contribution in [2.24, 2.45) is 0 Å². The Balaban J connectivity index is 4.54. The molecule has 0 spiro atoms. The molecule has 0 aliphatic carbocycles. The molecule has 0 radical (unpaired) electrons. The van der Waals surface area contributed by atoms with Gasteiger partial charge in [-0.15, -0.1) is 0 Å². The van der Waals surface area contributed by atoms with Crippen LogP contribution in [0.3, 0.4) is 0 Å². The minimum absolute atomic E-state index is 1.03. The van der Waals surface area contributed by atoms with E-state index < -0.39 is 39.5 Å². The fourth-order valence-electron chi connectivity index (χ4n) is 2.99. The van der Waals surface area contributed by atoms with Crippen LogP contribution in [0.4, 0.5) is 4.79 Å². The summed E-state index contributed by atoms with van der Waals surface area (Å²) in [7, 11) is 0. The summed E-state index contributed by atoms with van der Waals surface area (Å²) in [5.74, 6) is 0. The summed E-state index contributed by atoms with van der Waals surface area (Å²) in [5, 5.41) is 0. The van der Waals surface area contributed by atoms with E-state index in [0.29, 0.717) is 0 Å². The topological polar surface area (TPSA) is 17.1 Å². The van der Waals surface area contributed by atoms with Gasteiger partial charge in [-0.3, -0.25) is 0 Å². The van der Waals surface area contributed by atoms with E-state index in [1.807, 2.05) is 0 Å². The first-order valence-corrected chi connectivity index (χ1v) is 21.9. The Kier molecular flexibility index (Phi) is 16.1. The molecule has 0 fully saturated rings. The third kappa shape index (κ3) is 10.1. The van der Waals surface area contributed by atoms with Crippen molar-refractivity contribution in [1.82, 2.24) is 0 Å². The van der Waals surface area contributed by atoms with Gasteiger partial charge >= 0.3 is 143 Å². The number of carbonyl (C=O) groups is 1. The van der Waals surface area contributed by atoms with Crippen molar-refractivity contribution in [3.63, 3.8) is 0 Å². The second kappa shape index (κ2) is 15.2. The van der Waals surface area contributed by atoms with E-state index in [4.69, 9.17) is 0 Å². The van der Waals surface area contributed by atoms with Crippen LogP contribution in [-0.2, 0) is 0 Å². The second-order valence-electron chi connectivity index (χ2n) is 6.37. The molecule has 3 heteroatoms. The molecular weight excluding hydrogens is 458 g/mol. The number of unbranched alkanes of at least 4 members (excludes halogenated alkanes) is 4. The molecule has 0 saturated heterocycles. The zero-order valence-electron chi connectivity index (χ0n) is 14.5. The van der Waals surface area contributed by atoms with Crippen molar-refractivity contribution in [3.8, 4) is 0 Å². The molecule has 0 aliphatic rings. The second-order valence-corrected chi connectivity index (χ2v) is 29.6. The van der Waals surface area contributed by atoms with Gasteiger partial charge in [0.05, 0.1) is 0 Å². The van der Waals surface area contributed by atoms with Gasteiger partial charge in [-0.1, -0.05) is 0 Å². The monoisotopic (exact) mass is 498 g/mol. The molecule has 0 aromatic rings. The zero-order valence-corrected chi connectivity index (χ0v) is 21.1. The molecule has 0 saturated carbocycles. The molecule has 0 unspecified atom stereocenters. The van der Waals surface area contributed by atoms with Gasteiger partial charge in [-0.2, -0.15) is 0 Å². The van der Waals surface area contributed by atoms with Crippen LogP contribution in [0.2, 0.25) is 17.7 Å². The van der Waals surface area contributed by atoms with Gasteiger partial charge < -0.3 is 0 Å². The first-order valence-electron chi connectivity index (χ1n) is 9.24. The van der Waals surface area contributed by atoms with E-state index in [9.17, 15) is 4.79 Å². The average Bonchev–Trinajstić information content (AvgIpc) is 2.47. The van der Waals surface area contributed by atoms with E-state index in [-0.39, 0.29) is 0 Å². The van der Waals surface area contributed by atoms with Crippen molar-refractivity contribution >= 4 is 41.3 Å². The summed E-state index contributed by atoms with van der Waals surface area (Å²) in [6.07, 6.45) is 10.5. The maximum atomic E-state index is 13.1. The summed E-state index contributed by atoms with van der Waals surface area (Å²) in [6, 6.07) is 0. The Morgan fingerprint density at radius 1 is 0.600 bits per heavy atom. The van der Waals surface area contributed by atoms with Crippen LogP contribution < -0.4 is 0 Å². The predicted octanol–water partition coefficient (Wildman–Crippen LogP) is 5.92. The summed E-state index contributed by atoms with van der Waals surface area (Å²) in [4.78, 5) is 13.1. The molecule has 1 nitrogen and oxygen atoms in total. The summed E-state index contributed by atoms with van der Waals surface area (Å²) in [5.41, 5.74) is 0. The molecule has 0 atom stereocenters. The Morgan fingerprint density at radius 3 is 1.05 bits per heavy atom. The van der Waals surface area contributed by atoms with Crippen LogP contribution in [0.5, 0.6) is 0 Å². The van der Waals surface area contributed by atoms with Crippen LogP contribution >= 0.6 is 0 Å². The van der Waals surface area contributed by atoms with Gasteiger partial charge in [0.1, 0.15) is 0 Å². The Morgan fingerprint density at radius 2 is 0.850 bits per heavy atom. The molecule has 0 aromatic heterocycles. The molecule has 0 heterocycles. The Hall–Kier alpha value is 1.27. The molecule has 0 N–H and O–H groups in total. The van der Waals surface area contributed by atoms with Gasteiger partial charge in [0.2, 0.25) is 0 Å². The number of rotatable bonds is 14. The average molecular weight is 496 g/mol. The predicted molar refractivity (Wildman–Crippen MR) is 98.6 cm³/mol. The molecule has 20 heavy (non-hydrogen) atoms. The van der Waals surface area contributed by atoms with Crippen molar-refractivity contribution in [2.45, 2.75) is 96.8 Å². The van der Waals surface area contributed by atoms with Crippen LogP contribution in [0.15, 0.2) is 0 Å². The van der Waals surface area contributed by atoms with E-state index in [0.717, 1.165) is 1.82 Å². The van der Waals surface area contributed by atoms with Crippen molar-refractivity contribution in [2.75, 3.05) is 0 Å². The van der Waals surface area contributed by atoms with Gasteiger partial charge in [-0.25, -0.2) is 0 Å². The van der Waals surface area contributed by atoms with Gasteiger partial charge in [0.15, 0.2) is 0 Å². The summed E-state index contributed by atoms with van der Waals surface area (Å²) < 4.78 is 6.59. The van der Waals surface area contributed by atoms with Gasteiger partial charge in [0, 0.05) is 0 Å². The van der Waals surface area contributed by atoms with Crippen LogP contribution in [0, 0.1) is 0 Å². The van der Waals surface area contributed by atoms with E-state index in [1.165, 1.54) is 69.1 Å². The third-order valence-electron chi connectivity index (χ3n) is 4.43. The molecule has 0 rings (SSSR count). The van der Waals surface area contributed by atoms with Gasteiger partial charge in [-0.05, 0) is 0 Å². The Bertz CT molecular complexity index is 193. The van der Waals surface area contributed by atoms with Crippen molar-refractivity contribution in [3.05, 3.63) is 0 Å². The van der Waals surface area contributed by atoms with Crippen LogP contribution in [0.25, 0.3) is 0 Å². The van der Waals surface area contributed by atoms with Gasteiger partial charge in [0.25, 0.3) is 0 Å². The SMILES string of the molecule is CCC[CH2][SnH]([CH2]CCC)[C](=O)[SnH]([CH2]CCC)[CH2]CCC. The molecule has 0 amide bonds. The first kappa shape index (κ1) is 21.3. The summed E-state index contributed by atoms with van der Waals surface area (Å²) in [6.45, 7) is 9.12. The van der Waals surface area contributed by atoms with E-state index in [1.54, 1.807) is 0 Å². The standard InChI is InChI=1S/4C4H9.CO.2Sn.2H/c4*1-3-4-2;1-2;;;;/h4*1,3-4H2,2H3;;;;;. The molecule has 120 valence electrons. The van der Waals surface area contributed by atoms with Crippen molar-refractivity contribution < 1.29 is 4.79 Å². The number of hydrogen-bond donors (Lipinski definition) is 0. The Labute approximate surface area is 142 Å². The minimum atomic E-state index is -1.82. The molecular formula is C17H38OSn2. The normalized spacial score (nSPS) is 11.5. The molecule has 0 bridgehead atoms. The molecule has 0 aliphatic heterocycles. The quantitative estimate of drug-likeness (QED) is 0.273. The fraction of sp³-hybridized carbons (Fsp3) is 0.941. The zero-order chi connectivity index (χ0) is 15.2. The first-order chi connectivity index (χ1) is 9.71. The molecule has 0 aromatic carbocycles. The summed E-state index contributed by atoms with van der Waals surface area (Å²) >= 11 is -3.64.